The zero-order valence-electron chi connectivity index (χ0n) is 12.2. The summed E-state index contributed by atoms with van der Waals surface area (Å²) in [6, 6.07) is 6.08. The van der Waals surface area contributed by atoms with E-state index >= 15 is 0 Å². The summed E-state index contributed by atoms with van der Waals surface area (Å²) in [6.07, 6.45) is 3.70. The summed E-state index contributed by atoms with van der Waals surface area (Å²) in [5.74, 6) is 2.44. The first-order chi connectivity index (χ1) is 9.11. The van der Waals surface area contributed by atoms with E-state index in [1.165, 1.54) is 19.3 Å². The van der Waals surface area contributed by atoms with Gasteiger partial charge in [0.05, 0.1) is 5.56 Å². The first-order valence-corrected chi connectivity index (χ1v) is 7.24. The monoisotopic (exact) mass is 257 g/mol. The Hall–Kier alpha value is -1.56. The summed E-state index contributed by atoms with van der Waals surface area (Å²) in [7, 11) is 0. The van der Waals surface area contributed by atoms with Gasteiger partial charge in [0.15, 0.2) is 0 Å². The SMILES string of the molecule is Cc1ccc(C#N)c(N2CCCC(C(C)C)CC2)n1. The number of hydrogen-bond donors (Lipinski definition) is 0. The van der Waals surface area contributed by atoms with Crippen molar-refractivity contribution in [3.63, 3.8) is 0 Å². The molecule has 19 heavy (non-hydrogen) atoms. The van der Waals surface area contributed by atoms with Crippen molar-refractivity contribution in [2.24, 2.45) is 11.8 Å². The van der Waals surface area contributed by atoms with Crippen LogP contribution in [0.5, 0.6) is 0 Å². The van der Waals surface area contributed by atoms with Crippen LogP contribution < -0.4 is 4.90 Å². The average Bonchev–Trinajstić information content (AvgIpc) is 2.64. The summed E-state index contributed by atoms with van der Waals surface area (Å²) < 4.78 is 0. The van der Waals surface area contributed by atoms with Crippen molar-refractivity contribution in [2.75, 3.05) is 18.0 Å². The van der Waals surface area contributed by atoms with Crippen LogP contribution in [0.25, 0.3) is 0 Å². The maximum Gasteiger partial charge on any atom is 0.146 e. The van der Waals surface area contributed by atoms with Gasteiger partial charge in [-0.25, -0.2) is 4.98 Å². The number of nitriles is 1. The number of aromatic nitrogens is 1. The summed E-state index contributed by atoms with van der Waals surface area (Å²) >= 11 is 0. The van der Waals surface area contributed by atoms with Crippen molar-refractivity contribution in [1.82, 2.24) is 4.98 Å². The van der Waals surface area contributed by atoms with Crippen molar-refractivity contribution in [3.8, 4) is 6.07 Å². The highest BCUT2D eigenvalue weighted by Gasteiger charge is 2.21. The molecule has 0 saturated carbocycles. The zero-order valence-corrected chi connectivity index (χ0v) is 12.2. The molecule has 1 aromatic heterocycles. The predicted molar refractivity (Wildman–Crippen MR) is 78.1 cm³/mol. The molecule has 2 heterocycles. The van der Waals surface area contributed by atoms with Crippen LogP contribution in [-0.2, 0) is 0 Å². The van der Waals surface area contributed by atoms with Crippen LogP contribution >= 0.6 is 0 Å². The zero-order chi connectivity index (χ0) is 13.8. The lowest BCUT2D eigenvalue weighted by Crippen LogP contribution is -2.26. The van der Waals surface area contributed by atoms with Crippen LogP contribution in [0, 0.1) is 30.1 Å². The molecule has 1 atom stereocenters. The molecule has 0 bridgehead atoms. The highest BCUT2D eigenvalue weighted by Crippen LogP contribution is 2.27. The van der Waals surface area contributed by atoms with E-state index in [0.29, 0.717) is 5.56 Å². The van der Waals surface area contributed by atoms with E-state index in [0.717, 1.165) is 36.4 Å². The highest BCUT2D eigenvalue weighted by molar-refractivity contribution is 5.54. The molecule has 1 fully saturated rings. The number of hydrogen-bond acceptors (Lipinski definition) is 3. The molecule has 1 saturated heterocycles. The summed E-state index contributed by atoms with van der Waals surface area (Å²) in [4.78, 5) is 6.88. The van der Waals surface area contributed by atoms with Crippen LogP contribution in [-0.4, -0.2) is 18.1 Å². The van der Waals surface area contributed by atoms with E-state index in [-0.39, 0.29) is 0 Å². The standard InChI is InChI=1S/C16H23N3/c1-12(2)14-5-4-9-19(10-8-14)16-15(11-17)7-6-13(3)18-16/h6-7,12,14H,4-5,8-10H2,1-3H3. The molecule has 1 aliphatic heterocycles. The van der Waals surface area contributed by atoms with E-state index in [4.69, 9.17) is 0 Å². The Morgan fingerprint density at radius 1 is 1.32 bits per heavy atom. The fraction of sp³-hybridized carbons (Fsp3) is 0.625. The average molecular weight is 257 g/mol. The molecule has 3 nitrogen and oxygen atoms in total. The van der Waals surface area contributed by atoms with E-state index in [1.54, 1.807) is 0 Å². The van der Waals surface area contributed by atoms with Crippen LogP contribution in [0.3, 0.4) is 0 Å². The molecule has 0 spiro atoms. The Labute approximate surface area is 116 Å². The molecular weight excluding hydrogens is 234 g/mol. The van der Waals surface area contributed by atoms with Crippen LogP contribution in [0.2, 0.25) is 0 Å². The lowest BCUT2D eigenvalue weighted by Gasteiger charge is -2.23. The fourth-order valence-corrected chi connectivity index (χ4v) is 2.87. The lowest BCUT2D eigenvalue weighted by atomic mass is 9.89. The van der Waals surface area contributed by atoms with Crippen molar-refractivity contribution in [2.45, 2.75) is 40.0 Å². The number of aryl methyl sites for hydroxylation is 1. The second-order valence-electron chi connectivity index (χ2n) is 5.86. The lowest BCUT2D eigenvalue weighted by molar-refractivity contribution is 0.351. The van der Waals surface area contributed by atoms with Crippen LogP contribution in [0.15, 0.2) is 12.1 Å². The fourth-order valence-electron chi connectivity index (χ4n) is 2.87. The first kappa shape index (κ1) is 13.9. The first-order valence-electron chi connectivity index (χ1n) is 7.24. The topological polar surface area (TPSA) is 39.9 Å². The third-order valence-corrected chi connectivity index (χ3v) is 4.15. The quantitative estimate of drug-likeness (QED) is 0.813. The molecule has 0 radical (unpaired) electrons. The van der Waals surface area contributed by atoms with Gasteiger partial charge >= 0.3 is 0 Å². The van der Waals surface area contributed by atoms with Crippen LogP contribution in [0.1, 0.15) is 44.4 Å². The van der Waals surface area contributed by atoms with Gasteiger partial charge < -0.3 is 4.90 Å². The molecule has 3 heteroatoms. The summed E-state index contributed by atoms with van der Waals surface area (Å²) in [5, 5.41) is 9.23. The molecule has 1 aliphatic rings. The Kier molecular flexibility index (Phi) is 4.42. The van der Waals surface area contributed by atoms with Crippen LogP contribution in [0.4, 0.5) is 5.82 Å². The second kappa shape index (κ2) is 6.06. The Morgan fingerprint density at radius 2 is 2.11 bits per heavy atom. The maximum absolute atomic E-state index is 9.23. The summed E-state index contributed by atoms with van der Waals surface area (Å²) in [6.45, 7) is 8.65. The number of anilines is 1. The second-order valence-corrected chi connectivity index (χ2v) is 5.86. The van der Waals surface area contributed by atoms with Gasteiger partial charge in [-0.05, 0) is 50.2 Å². The van der Waals surface area contributed by atoms with E-state index in [9.17, 15) is 5.26 Å². The molecule has 0 aliphatic carbocycles. The molecule has 0 N–H and O–H groups in total. The molecule has 1 unspecified atom stereocenters. The van der Waals surface area contributed by atoms with Gasteiger partial charge in [-0.2, -0.15) is 5.26 Å². The minimum atomic E-state index is 0.702. The molecule has 2 rings (SSSR count). The van der Waals surface area contributed by atoms with Crippen molar-refractivity contribution >= 4 is 5.82 Å². The van der Waals surface area contributed by atoms with Crippen molar-refractivity contribution in [1.29, 1.82) is 5.26 Å². The molecule has 0 aromatic carbocycles. The Bertz CT molecular complexity index is 473. The van der Waals surface area contributed by atoms with Gasteiger partial charge in [0.25, 0.3) is 0 Å². The number of pyridine rings is 1. The van der Waals surface area contributed by atoms with Crippen molar-refractivity contribution in [3.05, 3.63) is 23.4 Å². The minimum Gasteiger partial charge on any atom is -0.356 e. The van der Waals surface area contributed by atoms with Gasteiger partial charge in [-0.15, -0.1) is 0 Å². The molecule has 1 aromatic rings. The third-order valence-electron chi connectivity index (χ3n) is 4.15. The third kappa shape index (κ3) is 3.26. The molecular formula is C16H23N3. The van der Waals surface area contributed by atoms with Gasteiger partial charge in [0.2, 0.25) is 0 Å². The number of rotatable bonds is 2. The van der Waals surface area contributed by atoms with Gasteiger partial charge in [-0.1, -0.05) is 13.8 Å². The predicted octanol–water partition coefficient (Wildman–Crippen LogP) is 3.52. The summed E-state index contributed by atoms with van der Waals surface area (Å²) in [5.41, 5.74) is 1.69. The Morgan fingerprint density at radius 3 is 2.79 bits per heavy atom. The normalized spacial score (nSPS) is 20.2. The van der Waals surface area contributed by atoms with Gasteiger partial charge in [-0.3, -0.25) is 0 Å². The number of nitrogens with zero attached hydrogens (tertiary/aromatic N) is 3. The van der Waals surface area contributed by atoms with Gasteiger partial charge in [0, 0.05) is 18.8 Å². The minimum absolute atomic E-state index is 0.702. The smallest absolute Gasteiger partial charge is 0.146 e. The Balaban J connectivity index is 2.19. The molecule has 0 amide bonds. The van der Waals surface area contributed by atoms with E-state index in [2.05, 4.69) is 29.8 Å². The van der Waals surface area contributed by atoms with Crippen molar-refractivity contribution < 1.29 is 0 Å². The maximum atomic E-state index is 9.23. The molecule has 102 valence electrons. The largest absolute Gasteiger partial charge is 0.356 e. The van der Waals surface area contributed by atoms with E-state index < -0.39 is 0 Å². The van der Waals surface area contributed by atoms with E-state index in [1.807, 2.05) is 19.1 Å². The highest BCUT2D eigenvalue weighted by atomic mass is 15.2. The van der Waals surface area contributed by atoms with Gasteiger partial charge in [0.1, 0.15) is 11.9 Å².